The summed E-state index contributed by atoms with van der Waals surface area (Å²) in [5.74, 6) is 0.544. The van der Waals surface area contributed by atoms with E-state index < -0.39 is 11.2 Å². The summed E-state index contributed by atoms with van der Waals surface area (Å²) in [6.45, 7) is 3.76. The fraction of sp³-hybridized carbons (Fsp3) is 0.357. The van der Waals surface area contributed by atoms with E-state index in [2.05, 4.69) is 26.1 Å². The number of benzene rings is 1. The summed E-state index contributed by atoms with van der Waals surface area (Å²) < 4.78 is 6.12. The zero-order chi connectivity index (χ0) is 15.4. The summed E-state index contributed by atoms with van der Waals surface area (Å²) in [5.41, 5.74) is 0.850. The van der Waals surface area contributed by atoms with Crippen molar-refractivity contribution in [3.05, 3.63) is 34.6 Å². The smallest absolute Gasteiger partial charge is 0.316 e. The molecule has 0 aliphatic heterocycles. The number of carbonyl (C=O) groups is 1. The molecule has 0 radical (unpaired) electrons. The molecule has 0 bridgehead atoms. The lowest BCUT2D eigenvalue weighted by Crippen LogP contribution is -2.22. The summed E-state index contributed by atoms with van der Waals surface area (Å²) in [4.78, 5) is 15.4. The van der Waals surface area contributed by atoms with Crippen LogP contribution in [0.5, 0.6) is 0 Å². The van der Waals surface area contributed by atoms with Crippen LogP contribution >= 0.6 is 27.7 Å². The molecule has 0 aliphatic carbocycles. The van der Waals surface area contributed by atoms with Gasteiger partial charge in [0, 0.05) is 10.0 Å². The molecule has 2 aromatic rings. The Balaban J connectivity index is 2.05. The van der Waals surface area contributed by atoms with Crippen molar-refractivity contribution in [3.63, 3.8) is 0 Å². The molecule has 112 valence electrons. The third-order valence-electron chi connectivity index (χ3n) is 2.79. The van der Waals surface area contributed by atoms with Crippen LogP contribution in [0.25, 0.3) is 11.4 Å². The number of aliphatic carboxylic acids is 1. The van der Waals surface area contributed by atoms with E-state index in [1.54, 1.807) is 0 Å². The highest BCUT2D eigenvalue weighted by Gasteiger charge is 2.23. The number of halogens is 1. The first-order valence-electron chi connectivity index (χ1n) is 6.40. The Hall–Kier alpha value is -1.34. The lowest BCUT2D eigenvalue weighted by Gasteiger charge is -2.13. The van der Waals surface area contributed by atoms with Gasteiger partial charge in [-0.1, -0.05) is 47.1 Å². The van der Waals surface area contributed by atoms with Crippen LogP contribution in [0.4, 0.5) is 0 Å². The van der Waals surface area contributed by atoms with Crippen LogP contribution in [0.2, 0.25) is 0 Å². The van der Waals surface area contributed by atoms with Gasteiger partial charge in [0.2, 0.25) is 11.7 Å². The fourth-order valence-electron chi connectivity index (χ4n) is 1.77. The van der Waals surface area contributed by atoms with Crippen molar-refractivity contribution in [2.75, 3.05) is 0 Å². The van der Waals surface area contributed by atoms with Gasteiger partial charge in [-0.2, -0.15) is 4.98 Å². The number of nitrogens with zero attached hydrogens (tertiary/aromatic N) is 2. The molecule has 7 heteroatoms. The number of hydrogen-bond donors (Lipinski definition) is 1. The van der Waals surface area contributed by atoms with Gasteiger partial charge in [-0.05, 0) is 18.1 Å². The van der Waals surface area contributed by atoms with Crippen molar-refractivity contribution in [1.29, 1.82) is 0 Å². The lowest BCUT2D eigenvalue weighted by atomic mass is 10.1. The van der Waals surface area contributed by atoms with Gasteiger partial charge in [-0.3, -0.25) is 4.79 Å². The molecular formula is C14H15BrN2O3S. The fourth-order valence-corrected chi connectivity index (χ4v) is 3.13. The second kappa shape index (κ2) is 7.09. The summed E-state index contributed by atoms with van der Waals surface area (Å²) in [6.07, 6.45) is 0. The summed E-state index contributed by atoms with van der Waals surface area (Å²) in [7, 11) is 0. The maximum absolute atomic E-state index is 11.1. The molecule has 1 aromatic carbocycles. The normalized spacial score (nSPS) is 12.6. The average molecular weight is 371 g/mol. The Morgan fingerprint density at radius 1 is 1.48 bits per heavy atom. The van der Waals surface area contributed by atoms with Crippen LogP contribution < -0.4 is 0 Å². The minimum Gasteiger partial charge on any atom is -0.480 e. The van der Waals surface area contributed by atoms with E-state index in [0.29, 0.717) is 17.5 Å². The van der Waals surface area contributed by atoms with Gasteiger partial charge >= 0.3 is 5.97 Å². The molecule has 0 saturated carbocycles. The van der Waals surface area contributed by atoms with Gasteiger partial charge in [0.05, 0.1) is 5.75 Å². The van der Waals surface area contributed by atoms with Crippen molar-refractivity contribution in [2.45, 2.75) is 24.9 Å². The second-order valence-electron chi connectivity index (χ2n) is 4.84. The minimum absolute atomic E-state index is 0.0416. The van der Waals surface area contributed by atoms with Crippen LogP contribution in [0, 0.1) is 5.92 Å². The van der Waals surface area contributed by atoms with E-state index in [1.165, 1.54) is 11.8 Å². The van der Waals surface area contributed by atoms with E-state index in [1.807, 2.05) is 38.1 Å². The molecule has 0 spiro atoms. The van der Waals surface area contributed by atoms with Crippen molar-refractivity contribution in [1.82, 2.24) is 10.1 Å². The number of hydrogen-bond acceptors (Lipinski definition) is 5. The van der Waals surface area contributed by atoms with E-state index >= 15 is 0 Å². The third kappa shape index (κ3) is 4.31. The van der Waals surface area contributed by atoms with Gasteiger partial charge in [-0.25, -0.2) is 0 Å². The van der Waals surface area contributed by atoms with Gasteiger partial charge in [0.25, 0.3) is 0 Å². The van der Waals surface area contributed by atoms with Gasteiger partial charge in [-0.15, -0.1) is 11.8 Å². The summed E-state index contributed by atoms with van der Waals surface area (Å²) in [6, 6.07) is 7.60. The molecule has 2 rings (SSSR count). The van der Waals surface area contributed by atoms with E-state index in [0.717, 1.165) is 10.0 Å². The van der Waals surface area contributed by atoms with Crippen LogP contribution in [0.1, 0.15) is 19.7 Å². The molecule has 1 N–H and O–H groups in total. The molecule has 0 amide bonds. The van der Waals surface area contributed by atoms with E-state index in [9.17, 15) is 4.79 Å². The Kier molecular flexibility index (Phi) is 5.41. The van der Waals surface area contributed by atoms with Gasteiger partial charge in [0.1, 0.15) is 5.25 Å². The monoisotopic (exact) mass is 370 g/mol. The molecule has 1 aromatic heterocycles. The number of carboxylic acids is 1. The third-order valence-corrected chi connectivity index (χ3v) is 4.80. The molecule has 21 heavy (non-hydrogen) atoms. The first-order valence-corrected chi connectivity index (χ1v) is 8.24. The van der Waals surface area contributed by atoms with Crippen molar-refractivity contribution < 1.29 is 14.4 Å². The molecule has 0 saturated heterocycles. The SMILES string of the molecule is CC(C)C(SCc1nc(-c2cccc(Br)c2)no1)C(=O)O. The minimum atomic E-state index is -0.818. The molecule has 1 heterocycles. The van der Waals surface area contributed by atoms with Crippen LogP contribution in [0.15, 0.2) is 33.3 Å². The van der Waals surface area contributed by atoms with E-state index in [4.69, 9.17) is 9.63 Å². The number of rotatable bonds is 6. The standard InChI is InChI=1S/C14H15BrN2O3S/c1-8(2)12(14(18)19)21-7-11-16-13(17-20-11)9-4-3-5-10(15)6-9/h3-6,8,12H,7H2,1-2H3,(H,18,19). The lowest BCUT2D eigenvalue weighted by molar-refractivity contribution is -0.137. The Morgan fingerprint density at radius 3 is 2.86 bits per heavy atom. The molecule has 1 unspecified atom stereocenters. The largest absolute Gasteiger partial charge is 0.480 e. The molecular weight excluding hydrogens is 356 g/mol. The van der Waals surface area contributed by atoms with Crippen LogP contribution in [0.3, 0.4) is 0 Å². The highest BCUT2D eigenvalue weighted by atomic mass is 79.9. The van der Waals surface area contributed by atoms with Crippen molar-refractivity contribution in [3.8, 4) is 11.4 Å². The number of thioether (sulfide) groups is 1. The second-order valence-corrected chi connectivity index (χ2v) is 6.88. The topological polar surface area (TPSA) is 76.2 Å². The van der Waals surface area contributed by atoms with Gasteiger partial charge < -0.3 is 9.63 Å². The highest BCUT2D eigenvalue weighted by molar-refractivity contribution is 9.10. The predicted molar refractivity (Wildman–Crippen MR) is 85.0 cm³/mol. The predicted octanol–water partition coefficient (Wildman–Crippen LogP) is 3.84. The zero-order valence-corrected chi connectivity index (χ0v) is 14.0. The molecule has 0 aliphatic rings. The Labute approximate surface area is 135 Å². The van der Waals surface area contributed by atoms with Crippen molar-refractivity contribution in [2.24, 2.45) is 5.92 Å². The number of carboxylic acid groups (broad SMARTS) is 1. The van der Waals surface area contributed by atoms with Gasteiger partial charge in [0.15, 0.2) is 0 Å². The van der Waals surface area contributed by atoms with E-state index in [-0.39, 0.29) is 5.92 Å². The maximum Gasteiger partial charge on any atom is 0.316 e. The Morgan fingerprint density at radius 2 is 2.24 bits per heavy atom. The summed E-state index contributed by atoms with van der Waals surface area (Å²) >= 11 is 4.69. The van der Waals surface area contributed by atoms with Crippen LogP contribution in [-0.2, 0) is 10.5 Å². The average Bonchev–Trinajstić information content (AvgIpc) is 2.87. The highest BCUT2D eigenvalue weighted by Crippen LogP contribution is 2.25. The van der Waals surface area contributed by atoms with Crippen LogP contribution in [-0.4, -0.2) is 26.5 Å². The summed E-state index contributed by atoms with van der Waals surface area (Å²) in [5, 5.41) is 12.6. The number of aromatic nitrogens is 2. The molecule has 5 nitrogen and oxygen atoms in total. The first-order chi connectivity index (χ1) is 9.97. The zero-order valence-electron chi connectivity index (χ0n) is 11.6. The quantitative estimate of drug-likeness (QED) is 0.832. The molecule has 1 atom stereocenters. The first kappa shape index (κ1) is 16.0. The molecule has 0 fully saturated rings. The Bertz CT molecular complexity index is 630. The van der Waals surface area contributed by atoms with Crippen molar-refractivity contribution >= 4 is 33.7 Å². The maximum atomic E-state index is 11.1.